The second kappa shape index (κ2) is 13.5. The van der Waals surface area contributed by atoms with Gasteiger partial charge in [0.05, 0.1) is 11.4 Å². The van der Waals surface area contributed by atoms with Crippen LogP contribution in [0.5, 0.6) is 0 Å². The van der Waals surface area contributed by atoms with E-state index < -0.39 is 0 Å². The molecule has 7 aromatic carbocycles. The summed E-state index contributed by atoms with van der Waals surface area (Å²) in [5, 5.41) is 0. The molecule has 0 unspecified atom stereocenters. The average Bonchev–Trinajstić information content (AvgIpc) is 3.52. The third-order valence-electron chi connectivity index (χ3n) is 11.7. The van der Waals surface area contributed by atoms with Gasteiger partial charge in [-0.3, -0.25) is 0 Å². The summed E-state index contributed by atoms with van der Waals surface area (Å²) in [6.07, 6.45) is 6.43. The molecule has 1 spiro atoms. The van der Waals surface area contributed by atoms with Crippen LogP contribution in [0.3, 0.4) is 0 Å². The Morgan fingerprint density at radius 1 is 0.315 bits per heavy atom. The van der Waals surface area contributed by atoms with Crippen molar-refractivity contribution in [2.45, 2.75) is 37.5 Å². The van der Waals surface area contributed by atoms with Crippen LogP contribution in [-0.2, 0) is 5.41 Å². The lowest BCUT2D eigenvalue weighted by atomic mass is 9.68. The number of benzene rings is 7. The van der Waals surface area contributed by atoms with Crippen LogP contribution in [0.15, 0.2) is 182 Å². The van der Waals surface area contributed by atoms with Gasteiger partial charge in [-0.05, 0) is 92.7 Å². The Balaban J connectivity index is 1.11. The largest absolute Gasteiger partial charge is 0.228 e. The molecule has 1 saturated carbocycles. The second-order valence-electron chi connectivity index (χ2n) is 14.8. The molecule has 258 valence electrons. The van der Waals surface area contributed by atoms with Gasteiger partial charge in [-0.25, -0.2) is 9.97 Å². The van der Waals surface area contributed by atoms with E-state index >= 15 is 0 Å². The highest BCUT2D eigenvalue weighted by Crippen LogP contribution is 2.56. The maximum atomic E-state index is 5.16. The zero-order chi connectivity index (χ0) is 35.9. The number of rotatable bonds is 6. The van der Waals surface area contributed by atoms with E-state index in [0.29, 0.717) is 0 Å². The smallest absolute Gasteiger partial charge is 0.160 e. The summed E-state index contributed by atoms with van der Waals surface area (Å²) in [6, 6.07) is 65.9. The molecule has 0 radical (unpaired) electrons. The van der Waals surface area contributed by atoms with Crippen molar-refractivity contribution < 1.29 is 0 Å². The molecule has 0 bridgehead atoms. The molecule has 1 aromatic heterocycles. The summed E-state index contributed by atoms with van der Waals surface area (Å²) in [4.78, 5) is 10.2. The number of fused-ring (bicyclic) bond motifs is 5. The third-order valence-corrected chi connectivity index (χ3v) is 11.7. The Kier molecular flexibility index (Phi) is 8.10. The monoisotopic (exact) mass is 692 g/mol. The van der Waals surface area contributed by atoms with E-state index in [9.17, 15) is 0 Å². The minimum Gasteiger partial charge on any atom is -0.228 e. The quantitative estimate of drug-likeness (QED) is 0.173. The third kappa shape index (κ3) is 5.67. The van der Waals surface area contributed by atoms with Crippen molar-refractivity contribution >= 4 is 0 Å². The van der Waals surface area contributed by atoms with Crippen LogP contribution in [0.25, 0.3) is 78.4 Å². The number of hydrogen-bond acceptors (Lipinski definition) is 2. The zero-order valence-electron chi connectivity index (χ0n) is 30.3. The van der Waals surface area contributed by atoms with Crippen LogP contribution in [0.2, 0.25) is 0 Å². The van der Waals surface area contributed by atoms with Gasteiger partial charge in [0.1, 0.15) is 0 Å². The van der Waals surface area contributed by atoms with E-state index in [1.807, 2.05) is 24.3 Å². The molecule has 2 aliphatic carbocycles. The van der Waals surface area contributed by atoms with Crippen molar-refractivity contribution in [2.24, 2.45) is 0 Å². The van der Waals surface area contributed by atoms with Crippen molar-refractivity contribution in [3.05, 3.63) is 193 Å². The van der Waals surface area contributed by atoms with Crippen molar-refractivity contribution in [2.75, 3.05) is 0 Å². The van der Waals surface area contributed by atoms with Crippen LogP contribution >= 0.6 is 0 Å². The highest BCUT2D eigenvalue weighted by atomic mass is 14.9. The number of aromatic nitrogens is 2. The average molecular weight is 693 g/mol. The molecule has 10 rings (SSSR count). The Morgan fingerprint density at radius 2 is 0.870 bits per heavy atom. The molecule has 0 saturated heterocycles. The van der Waals surface area contributed by atoms with Gasteiger partial charge in [-0.15, -0.1) is 0 Å². The molecular formula is C52H40N2. The fourth-order valence-electron chi connectivity index (χ4n) is 9.08. The van der Waals surface area contributed by atoms with E-state index in [-0.39, 0.29) is 5.41 Å². The molecule has 2 nitrogen and oxygen atoms in total. The van der Waals surface area contributed by atoms with Crippen LogP contribution < -0.4 is 0 Å². The van der Waals surface area contributed by atoms with E-state index in [1.165, 1.54) is 82.2 Å². The van der Waals surface area contributed by atoms with Crippen molar-refractivity contribution in [3.63, 3.8) is 0 Å². The fourth-order valence-corrected chi connectivity index (χ4v) is 9.08. The topological polar surface area (TPSA) is 25.8 Å². The van der Waals surface area contributed by atoms with E-state index in [2.05, 4.69) is 158 Å². The highest BCUT2D eigenvalue weighted by molar-refractivity contribution is 5.90. The lowest BCUT2D eigenvalue weighted by Gasteiger charge is -2.36. The number of nitrogens with zero attached hydrogens (tertiary/aromatic N) is 2. The molecule has 54 heavy (non-hydrogen) atoms. The van der Waals surface area contributed by atoms with Gasteiger partial charge in [0, 0.05) is 22.1 Å². The summed E-state index contributed by atoms with van der Waals surface area (Å²) in [5.74, 6) is 0.720. The summed E-state index contributed by atoms with van der Waals surface area (Å²) < 4.78 is 0. The molecule has 8 aromatic rings. The Hall–Kier alpha value is -6.38. The predicted molar refractivity (Wildman–Crippen MR) is 224 cm³/mol. The SMILES string of the molecule is c1ccc(-c2cc(-c3cccc(-c4cc(-c5ccc6c(c5)-c5ccccc5C65CCCCC5)ccc4-c4ccccc4)c3)nc(-c3ccccc3)n2)cc1. The van der Waals surface area contributed by atoms with Gasteiger partial charge in [0.2, 0.25) is 0 Å². The normalized spacial score (nSPS) is 14.1. The molecule has 2 aliphatic rings. The molecule has 0 N–H and O–H groups in total. The lowest BCUT2D eigenvalue weighted by Crippen LogP contribution is -2.27. The minimum atomic E-state index is 0.160. The summed E-state index contributed by atoms with van der Waals surface area (Å²) >= 11 is 0. The Labute approximate surface area is 317 Å². The van der Waals surface area contributed by atoms with Gasteiger partial charge in [0.15, 0.2) is 5.82 Å². The first kappa shape index (κ1) is 32.3. The first-order chi connectivity index (χ1) is 26.7. The molecule has 1 fully saturated rings. The van der Waals surface area contributed by atoms with Gasteiger partial charge < -0.3 is 0 Å². The summed E-state index contributed by atoms with van der Waals surface area (Å²) in [6.45, 7) is 0. The van der Waals surface area contributed by atoms with E-state index in [4.69, 9.17) is 9.97 Å². The zero-order valence-corrected chi connectivity index (χ0v) is 30.3. The lowest BCUT2D eigenvalue weighted by molar-refractivity contribution is 0.353. The molecule has 0 atom stereocenters. The maximum Gasteiger partial charge on any atom is 0.160 e. The van der Waals surface area contributed by atoms with Gasteiger partial charge in [0.25, 0.3) is 0 Å². The maximum absolute atomic E-state index is 5.16. The van der Waals surface area contributed by atoms with Crippen molar-refractivity contribution in [1.29, 1.82) is 0 Å². The van der Waals surface area contributed by atoms with Crippen LogP contribution in [0.4, 0.5) is 0 Å². The van der Waals surface area contributed by atoms with Gasteiger partial charge in [-0.2, -0.15) is 0 Å². The van der Waals surface area contributed by atoms with E-state index in [0.717, 1.165) is 39.5 Å². The minimum absolute atomic E-state index is 0.160. The van der Waals surface area contributed by atoms with Crippen LogP contribution in [0, 0.1) is 0 Å². The van der Waals surface area contributed by atoms with Crippen LogP contribution in [0.1, 0.15) is 43.2 Å². The van der Waals surface area contributed by atoms with E-state index in [1.54, 1.807) is 0 Å². The highest BCUT2D eigenvalue weighted by Gasteiger charge is 2.43. The Bertz CT molecular complexity index is 2560. The molecule has 1 heterocycles. The van der Waals surface area contributed by atoms with Gasteiger partial charge >= 0.3 is 0 Å². The first-order valence-electron chi connectivity index (χ1n) is 19.3. The predicted octanol–water partition coefficient (Wildman–Crippen LogP) is 13.7. The van der Waals surface area contributed by atoms with Crippen molar-refractivity contribution in [1.82, 2.24) is 9.97 Å². The second-order valence-corrected chi connectivity index (χ2v) is 14.8. The number of hydrogen-bond donors (Lipinski definition) is 0. The molecule has 0 aliphatic heterocycles. The molecule has 2 heteroatoms. The Morgan fingerprint density at radius 3 is 1.61 bits per heavy atom. The van der Waals surface area contributed by atoms with Gasteiger partial charge in [-0.1, -0.05) is 177 Å². The van der Waals surface area contributed by atoms with Crippen LogP contribution in [-0.4, -0.2) is 9.97 Å². The fraction of sp³-hybridized carbons (Fsp3) is 0.115. The molecule has 0 amide bonds. The standard InChI is InChI=1S/C52H40N2/c1-5-16-36(17-6-1)43-28-26-39(40-27-29-48-46(34-40)44-24-11-12-25-47(44)52(48)30-13-4-14-31-52)33-45(43)41-22-15-23-42(32-41)50-35-49(37-18-7-2-8-19-37)53-51(54-50)38-20-9-3-10-21-38/h1-3,5-12,15-29,32-35H,4,13-14,30-31H2. The first-order valence-corrected chi connectivity index (χ1v) is 19.3. The van der Waals surface area contributed by atoms with Crippen molar-refractivity contribution in [3.8, 4) is 78.4 Å². The summed E-state index contributed by atoms with van der Waals surface area (Å²) in [7, 11) is 0. The molecular weight excluding hydrogens is 653 g/mol. The summed E-state index contributed by atoms with van der Waals surface area (Å²) in [5.41, 5.74) is 18.2.